The first-order valence-electron chi connectivity index (χ1n) is 49.9. The van der Waals surface area contributed by atoms with E-state index < -0.39 is 100.0 Å². The maximum absolute atomic E-state index is 12.3. The summed E-state index contributed by atoms with van der Waals surface area (Å²) in [6, 6.07) is 33.3. The van der Waals surface area contributed by atoms with Crippen molar-refractivity contribution in [3.8, 4) is 0 Å². The second-order valence-electron chi connectivity index (χ2n) is 41.3. The molecule has 774 valence electrons. The zero-order valence-corrected chi connectivity index (χ0v) is 89.1. The number of hydrogen-bond acceptors (Lipinski definition) is 24. The monoisotopic (exact) mass is 2050 g/mol. The van der Waals surface area contributed by atoms with Crippen molar-refractivity contribution in [2.75, 3.05) is 54.5 Å². The molecule has 0 aliphatic carbocycles. The molecule has 9 aliphatic rings. The predicted molar refractivity (Wildman–Crippen MR) is 555 cm³/mol. The Morgan fingerprint density at radius 3 is 1.02 bits per heavy atom. The zero-order chi connectivity index (χ0) is 106. The van der Waals surface area contributed by atoms with Gasteiger partial charge in [0, 0.05) is 194 Å². The van der Waals surface area contributed by atoms with E-state index in [1.165, 1.54) is 104 Å². The number of amides is 6. The van der Waals surface area contributed by atoms with E-state index in [1.807, 2.05) is 96.2 Å². The van der Waals surface area contributed by atoms with Crippen LogP contribution in [-0.2, 0) is 121 Å². The van der Waals surface area contributed by atoms with E-state index in [9.17, 15) is 82.1 Å². The van der Waals surface area contributed by atoms with Gasteiger partial charge in [0.1, 0.15) is 50.5 Å². The fourth-order valence-corrected chi connectivity index (χ4v) is 22.5. The number of allylic oxidation sites excluding steroid dienone is 18. The number of imide groups is 3. The molecule has 3 saturated heterocycles. The standard InChI is InChI=1S/C40H47N3O7S.C37H43N3O7S.C36H43N3O7S/c1-7-41-32-21-19-28(2)26-30(32)39(3,4)34(41)16-12-9-8-10-13-17-35-40(5,6)31-27-29(51(47,48)49)20-22-33(31)42(35)25-15-11-14-18-38(46)50-43-36(44)23-24-37(43)45;1-25-16-18-29-27(23-25)36(2,3)31(38(29)6)13-9-7-10-14-32-37(4,5)28-24-26(48(44,45)46)17-19-30(28)39(32)22-12-8-11-15-35(43)47-40-33(41)20-21-34(40)42;1-7-37-28-17-15-24(2)22-26(28)35(3,4)30(37)12-11-13-31-36(5,6)27-23-25(47(43,44)45)16-18-29(27)38(31)21-10-8-9-14-34(42)46-39-32(40)19-20-33(39)41/h8-10,12-13,16-17,19-22,26-27H,7,11,14-15,18,23-25H2,1-6H3;7,9-10,13-14,16-19,23-24H,8,11-12,15,20-22H2,1-6H3;11-13,15-18,22-23H,7-10,14,19-21H2,1-6H3. The van der Waals surface area contributed by atoms with Crippen molar-refractivity contribution in [2.24, 2.45) is 0 Å². The largest absolute Gasteiger partial charge is 0.744 e. The van der Waals surface area contributed by atoms with Gasteiger partial charge in [-0.15, -0.1) is 15.2 Å². The molecule has 6 aromatic carbocycles. The minimum atomic E-state index is -4.64. The lowest BCUT2D eigenvalue weighted by atomic mass is 9.81. The molecular weight excluding hydrogens is 1920 g/mol. The number of nitrogens with zero attached hydrogens (tertiary/aromatic N) is 9. The van der Waals surface area contributed by atoms with Crippen molar-refractivity contribution in [1.29, 1.82) is 0 Å². The Balaban J connectivity index is 0.000000183. The number of hydrogen-bond donors (Lipinski definition) is 0. The van der Waals surface area contributed by atoms with Crippen molar-refractivity contribution in [3.63, 3.8) is 0 Å². The molecule has 0 unspecified atom stereocenters. The van der Waals surface area contributed by atoms with Crippen LogP contribution in [0.2, 0.25) is 0 Å². The Hall–Kier alpha value is -13.1. The summed E-state index contributed by atoms with van der Waals surface area (Å²) in [5, 5.41) is 1.69. The normalized spacial score (nSPS) is 19.3. The van der Waals surface area contributed by atoms with E-state index in [4.69, 9.17) is 14.5 Å². The molecule has 0 spiro atoms. The molecule has 9 aliphatic heterocycles. The van der Waals surface area contributed by atoms with Crippen LogP contribution in [0.25, 0.3) is 0 Å². The molecule has 9 heterocycles. The van der Waals surface area contributed by atoms with Gasteiger partial charge in [0.2, 0.25) is 17.1 Å². The van der Waals surface area contributed by atoms with Gasteiger partial charge in [-0.3, -0.25) is 28.8 Å². The third-order valence-corrected chi connectivity index (χ3v) is 31.4. The average Bonchev–Trinajstić information content (AvgIpc) is 1.59. The smallest absolute Gasteiger partial charge is 0.333 e. The Kier molecular flexibility index (Phi) is 33.4. The SMILES string of the molecule is CCN1C(=CC=CC2=[N+](CCCCCC(=O)ON3C(=O)CCC3=O)c3ccc(S(=O)(=O)[O-])cc3C2(C)C)C(C)(C)c2cc(C)ccc21.CCN1C(=CC=CC=CC=CC2=[N+](CCCCCC(=O)ON3C(=O)CCC3=O)c3ccc(S(=O)(=O)[O-])cc3C2(C)C)C(C)(C)c2cc(C)ccc21.Cc1ccc2c(c1)C(C)(C)C(/C=C/C=C/C=C1/N(CCCCCC(=O)ON3C(=O)CCC3=O)c3ccc(S(=O)(=O)[O-])cc3C1(C)C)=[N+]2C. The lowest BCUT2D eigenvalue weighted by molar-refractivity contribution is -0.438. The van der Waals surface area contributed by atoms with Gasteiger partial charge in [0.25, 0.3) is 35.4 Å². The lowest BCUT2D eigenvalue weighted by Gasteiger charge is -2.27. The van der Waals surface area contributed by atoms with Crippen molar-refractivity contribution in [3.05, 3.63) is 267 Å². The van der Waals surface area contributed by atoms with Gasteiger partial charge in [-0.2, -0.15) is 13.7 Å². The van der Waals surface area contributed by atoms with Crippen molar-refractivity contribution in [2.45, 2.75) is 280 Å². The molecule has 146 heavy (non-hydrogen) atoms. The summed E-state index contributed by atoms with van der Waals surface area (Å²) in [4.78, 5) is 128. The number of aryl methyl sites for hydroxylation is 3. The summed E-state index contributed by atoms with van der Waals surface area (Å²) >= 11 is 0. The summed E-state index contributed by atoms with van der Waals surface area (Å²) in [5.74, 6) is -4.90. The molecule has 0 atom stereocenters. The van der Waals surface area contributed by atoms with E-state index in [2.05, 4.69) is 203 Å². The van der Waals surface area contributed by atoms with E-state index in [-0.39, 0.29) is 88.7 Å². The van der Waals surface area contributed by atoms with Crippen LogP contribution >= 0.6 is 0 Å². The molecule has 0 aromatic heterocycles. The molecule has 33 heteroatoms. The third-order valence-electron chi connectivity index (χ3n) is 28.9. The zero-order valence-electron chi connectivity index (χ0n) is 86.6. The fourth-order valence-electron chi connectivity index (χ4n) is 21.0. The third kappa shape index (κ3) is 23.6. The van der Waals surface area contributed by atoms with E-state index >= 15 is 0 Å². The maximum Gasteiger partial charge on any atom is 0.333 e. The van der Waals surface area contributed by atoms with Crippen LogP contribution in [-0.4, -0.2) is 178 Å². The molecule has 3 fully saturated rings. The number of rotatable bonds is 35. The highest BCUT2D eigenvalue weighted by molar-refractivity contribution is 7.86. The van der Waals surface area contributed by atoms with Gasteiger partial charge in [-0.1, -0.05) is 150 Å². The predicted octanol–water partition coefficient (Wildman–Crippen LogP) is 18.4. The van der Waals surface area contributed by atoms with Gasteiger partial charge in [-0.25, -0.2) is 39.6 Å². The van der Waals surface area contributed by atoms with Crippen LogP contribution in [0.15, 0.2) is 232 Å². The van der Waals surface area contributed by atoms with E-state index in [1.54, 1.807) is 18.2 Å². The summed E-state index contributed by atoms with van der Waals surface area (Å²) < 4.78 is 114. The van der Waals surface area contributed by atoms with Gasteiger partial charge >= 0.3 is 17.9 Å². The number of likely N-dealkylation sites (N-methyl/N-ethyl adjacent to an activating group) is 2. The molecule has 15 rings (SSSR count). The topological polar surface area (TPSA) is 381 Å². The van der Waals surface area contributed by atoms with Crippen molar-refractivity contribution >= 4 is 135 Å². The number of hydroxylamine groups is 6. The first kappa shape index (κ1) is 110. The van der Waals surface area contributed by atoms with Gasteiger partial charge in [0.05, 0.1) is 30.9 Å². The highest BCUT2D eigenvalue weighted by Crippen LogP contribution is 2.53. The molecule has 6 amide bonds. The van der Waals surface area contributed by atoms with Crippen LogP contribution in [0.4, 0.5) is 34.1 Å². The second-order valence-corrected chi connectivity index (χ2v) is 45.5. The van der Waals surface area contributed by atoms with Crippen LogP contribution in [0.1, 0.15) is 263 Å². The second kappa shape index (κ2) is 44.3. The van der Waals surface area contributed by atoms with Gasteiger partial charge in [-0.05, 0) is 210 Å². The molecule has 0 bridgehead atoms. The minimum Gasteiger partial charge on any atom is -0.744 e. The highest BCUT2D eigenvalue weighted by Gasteiger charge is 2.50. The summed E-state index contributed by atoms with van der Waals surface area (Å²) in [6.07, 6.45) is 36.6. The Bertz CT molecular complexity index is 7000. The number of carbonyl (C=O) groups excluding carboxylic acids is 9. The van der Waals surface area contributed by atoms with Crippen LogP contribution in [0.3, 0.4) is 0 Å². The molecule has 0 saturated carbocycles. The summed E-state index contributed by atoms with van der Waals surface area (Å²) in [6.45, 7) is 39.6. The Labute approximate surface area is 857 Å². The fraction of sp³-hybridized carbons (Fsp3) is 0.416. The first-order chi connectivity index (χ1) is 68.7. The van der Waals surface area contributed by atoms with Crippen LogP contribution in [0.5, 0.6) is 0 Å². The van der Waals surface area contributed by atoms with Gasteiger partial charge < -0.3 is 42.9 Å². The van der Waals surface area contributed by atoms with Crippen LogP contribution in [0, 0.1) is 20.8 Å². The van der Waals surface area contributed by atoms with E-state index in [0.717, 1.165) is 64.0 Å². The first-order valence-corrected chi connectivity index (χ1v) is 54.1. The molecular formula is C113H133N9O21S3. The number of unbranched alkanes of at least 4 members (excludes halogenated alkanes) is 6. The molecule has 6 aromatic rings. The number of benzene rings is 6. The molecule has 0 N–H and O–H groups in total. The average molecular weight is 2050 g/mol. The molecule has 30 nitrogen and oxygen atoms in total. The quantitative estimate of drug-likeness (QED) is 0.0117. The Morgan fingerprint density at radius 1 is 0.336 bits per heavy atom. The summed E-state index contributed by atoms with van der Waals surface area (Å²) in [7, 11) is -11.8. The van der Waals surface area contributed by atoms with Gasteiger partial charge in [0.15, 0.2) is 17.1 Å². The lowest BCUT2D eigenvalue weighted by Crippen LogP contribution is -2.32. The summed E-state index contributed by atoms with van der Waals surface area (Å²) in [5.41, 5.74) is 20.2. The van der Waals surface area contributed by atoms with Crippen molar-refractivity contribution in [1.82, 2.24) is 15.2 Å². The Morgan fingerprint density at radius 2 is 0.623 bits per heavy atom. The van der Waals surface area contributed by atoms with E-state index in [0.29, 0.717) is 92.6 Å². The number of fused-ring (bicyclic) bond motifs is 6. The maximum atomic E-state index is 12.3. The molecule has 0 radical (unpaired) electrons. The number of carbonyl (C=O) groups is 9. The highest BCUT2D eigenvalue weighted by atomic mass is 32.2. The minimum absolute atomic E-state index is 0.0474. The number of anilines is 3. The van der Waals surface area contributed by atoms with Crippen LogP contribution < -0.4 is 14.7 Å². The van der Waals surface area contributed by atoms with Crippen molar-refractivity contribution < 1.29 is 110 Å².